The number of sulfonamides is 1. The molecule has 0 aliphatic heterocycles. The number of benzene rings is 3. The van der Waals surface area contributed by atoms with Crippen LogP contribution in [0.5, 0.6) is 0 Å². The molecule has 3 aromatic carbocycles. The smallest absolute Gasteiger partial charge is 0.264 e. The van der Waals surface area contributed by atoms with Gasteiger partial charge >= 0.3 is 0 Å². The third-order valence-corrected chi connectivity index (χ3v) is 8.32. The van der Waals surface area contributed by atoms with Crippen molar-refractivity contribution in [1.82, 2.24) is 5.32 Å². The summed E-state index contributed by atoms with van der Waals surface area (Å²) in [5, 5.41) is 2.89. The molecule has 5 nitrogen and oxygen atoms in total. The van der Waals surface area contributed by atoms with E-state index in [2.05, 4.69) is 36.5 Å². The molecule has 3 aromatic rings. The number of carbonyl (C=O) groups is 1. The molecule has 0 atom stereocenters. The average molecular weight is 497 g/mol. The van der Waals surface area contributed by atoms with Crippen molar-refractivity contribution in [2.45, 2.75) is 37.8 Å². The Labute approximate surface area is 207 Å². The van der Waals surface area contributed by atoms with Gasteiger partial charge in [0.25, 0.3) is 10.0 Å². The maximum Gasteiger partial charge on any atom is 0.264 e. The Hall–Kier alpha value is -2.77. The summed E-state index contributed by atoms with van der Waals surface area (Å²) in [6, 6.07) is 22.4. The van der Waals surface area contributed by atoms with Gasteiger partial charge in [0.15, 0.2) is 0 Å². The van der Waals surface area contributed by atoms with E-state index in [1.807, 2.05) is 43.8 Å². The number of anilines is 1. The highest BCUT2D eigenvalue weighted by molar-refractivity contribution is 7.98. The molecule has 180 valence electrons. The fourth-order valence-electron chi connectivity index (χ4n) is 3.47. The molecule has 0 heterocycles. The molecule has 0 bridgehead atoms. The highest BCUT2D eigenvalue weighted by Gasteiger charge is 2.28. The Morgan fingerprint density at radius 1 is 0.912 bits per heavy atom. The van der Waals surface area contributed by atoms with Gasteiger partial charge in [-0.3, -0.25) is 9.10 Å². The quantitative estimate of drug-likeness (QED) is 0.368. The molecule has 1 amide bonds. The number of aryl methyl sites for hydroxylation is 3. The summed E-state index contributed by atoms with van der Waals surface area (Å²) in [5.74, 6) is 1.53. The van der Waals surface area contributed by atoms with Crippen molar-refractivity contribution in [3.63, 3.8) is 0 Å². The monoisotopic (exact) mass is 496 g/mol. The summed E-state index contributed by atoms with van der Waals surface area (Å²) < 4.78 is 28.1. The number of rotatable bonds is 11. The van der Waals surface area contributed by atoms with Gasteiger partial charge in [-0.2, -0.15) is 11.8 Å². The van der Waals surface area contributed by atoms with E-state index in [1.165, 1.54) is 15.4 Å². The van der Waals surface area contributed by atoms with Crippen molar-refractivity contribution in [2.24, 2.45) is 0 Å². The van der Waals surface area contributed by atoms with Crippen LogP contribution in [0, 0.1) is 20.8 Å². The van der Waals surface area contributed by atoms with Crippen LogP contribution in [0.1, 0.15) is 28.7 Å². The molecule has 0 aliphatic rings. The van der Waals surface area contributed by atoms with E-state index in [-0.39, 0.29) is 17.3 Å². The van der Waals surface area contributed by atoms with Gasteiger partial charge in [0.05, 0.1) is 10.6 Å². The van der Waals surface area contributed by atoms with Crippen molar-refractivity contribution in [3.05, 3.63) is 95.1 Å². The van der Waals surface area contributed by atoms with E-state index in [4.69, 9.17) is 0 Å². The number of hydrogen-bond donors (Lipinski definition) is 1. The third-order valence-electron chi connectivity index (χ3n) is 5.43. The second kappa shape index (κ2) is 12.1. The number of nitrogens with one attached hydrogen (secondary N) is 1. The molecule has 0 radical (unpaired) electrons. The fourth-order valence-corrected chi connectivity index (χ4v) is 5.89. The molecule has 1 N–H and O–H groups in total. The maximum atomic E-state index is 13.4. The van der Waals surface area contributed by atoms with E-state index in [0.717, 1.165) is 29.1 Å². The van der Waals surface area contributed by atoms with Crippen LogP contribution in [-0.2, 0) is 20.6 Å². The minimum atomic E-state index is -3.89. The van der Waals surface area contributed by atoms with Crippen molar-refractivity contribution in [3.8, 4) is 0 Å². The summed E-state index contributed by atoms with van der Waals surface area (Å²) >= 11 is 1.82. The van der Waals surface area contributed by atoms with Crippen LogP contribution in [0.2, 0.25) is 0 Å². The molecule has 0 aromatic heterocycles. The lowest BCUT2D eigenvalue weighted by molar-refractivity contribution is -0.119. The minimum Gasteiger partial charge on any atom is -0.354 e. The number of amides is 1. The Balaban J connectivity index is 1.60. The molecular weight excluding hydrogens is 464 g/mol. The van der Waals surface area contributed by atoms with Gasteiger partial charge in [-0.15, -0.1) is 0 Å². The molecule has 0 unspecified atom stereocenters. The van der Waals surface area contributed by atoms with Crippen molar-refractivity contribution in [2.75, 3.05) is 23.1 Å². The molecule has 0 saturated carbocycles. The highest BCUT2D eigenvalue weighted by Crippen LogP contribution is 2.27. The third kappa shape index (κ3) is 7.11. The standard InChI is InChI=1S/C27H32N2O3S2/c1-21-11-14-24(15-12-21)20-33-17-7-16-28-27(30)19-29(26-18-22(2)10-13-23(26)3)34(31,32)25-8-5-4-6-9-25/h4-6,8-15,18H,7,16-17,19-20H2,1-3H3,(H,28,30). The zero-order valence-electron chi connectivity index (χ0n) is 20.0. The first kappa shape index (κ1) is 25.8. The van der Waals surface area contributed by atoms with E-state index in [1.54, 1.807) is 30.3 Å². The Morgan fingerprint density at radius 3 is 2.29 bits per heavy atom. The summed E-state index contributed by atoms with van der Waals surface area (Å²) in [7, 11) is -3.89. The van der Waals surface area contributed by atoms with Gasteiger partial charge in [-0.1, -0.05) is 60.2 Å². The average Bonchev–Trinajstić information content (AvgIpc) is 2.83. The molecule has 7 heteroatoms. The zero-order valence-corrected chi connectivity index (χ0v) is 21.6. The maximum absolute atomic E-state index is 13.4. The molecule has 0 aliphatic carbocycles. The Kier molecular flexibility index (Phi) is 9.19. The van der Waals surface area contributed by atoms with Gasteiger partial charge < -0.3 is 5.32 Å². The van der Waals surface area contributed by atoms with Crippen LogP contribution < -0.4 is 9.62 Å². The topological polar surface area (TPSA) is 66.5 Å². The SMILES string of the molecule is Cc1ccc(CSCCCNC(=O)CN(c2cc(C)ccc2C)S(=O)(=O)c2ccccc2)cc1. The lowest BCUT2D eigenvalue weighted by atomic mass is 10.1. The lowest BCUT2D eigenvalue weighted by Gasteiger charge is -2.26. The lowest BCUT2D eigenvalue weighted by Crippen LogP contribution is -2.41. The van der Waals surface area contributed by atoms with Crippen LogP contribution >= 0.6 is 11.8 Å². The van der Waals surface area contributed by atoms with Crippen LogP contribution in [0.4, 0.5) is 5.69 Å². The highest BCUT2D eigenvalue weighted by atomic mass is 32.2. The van der Waals surface area contributed by atoms with Crippen molar-refractivity contribution < 1.29 is 13.2 Å². The van der Waals surface area contributed by atoms with E-state index in [9.17, 15) is 13.2 Å². The minimum absolute atomic E-state index is 0.163. The largest absolute Gasteiger partial charge is 0.354 e. The van der Waals surface area contributed by atoms with Crippen molar-refractivity contribution >= 4 is 33.4 Å². The van der Waals surface area contributed by atoms with E-state index < -0.39 is 10.0 Å². The predicted octanol–water partition coefficient (Wildman–Crippen LogP) is 5.25. The van der Waals surface area contributed by atoms with Gasteiger partial charge in [-0.05, 0) is 67.8 Å². The number of nitrogens with zero attached hydrogens (tertiary/aromatic N) is 1. The first-order chi connectivity index (χ1) is 16.3. The van der Waals surface area contributed by atoms with Crippen LogP contribution in [-0.4, -0.2) is 33.2 Å². The fraction of sp³-hybridized carbons (Fsp3) is 0.296. The zero-order chi connectivity index (χ0) is 24.6. The van der Waals surface area contributed by atoms with Crippen LogP contribution in [0.3, 0.4) is 0 Å². The van der Waals surface area contributed by atoms with E-state index in [0.29, 0.717) is 12.2 Å². The second-order valence-corrected chi connectivity index (χ2v) is 11.3. The van der Waals surface area contributed by atoms with Gasteiger partial charge in [-0.25, -0.2) is 8.42 Å². The molecule has 3 rings (SSSR count). The summed E-state index contributed by atoms with van der Waals surface area (Å²) in [5.41, 5.74) is 4.79. The predicted molar refractivity (Wildman–Crippen MR) is 142 cm³/mol. The summed E-state index contributed by atoms with van der Waals surface area (Å²) in [6.07, 6.45) is 0.817. The molecule has 34 heavy (non-hydrogen) atoms. The van der Waals surface area contributed by atoms with Crippen LogP contribution in [0.15, 0.2) is 77.7 Å². The number of thioether (sulfide) groups is 1. The number of hydrogen-bond acceptors (Lipinski definition) is 4. The Bertz CT molecular complexity index is 1190. The van der Waals surface area contributed by atoms with Gasteiger partial charge in [0.1, 0.15) is 6.54 Å². The molecular formula is C27H32N2O3S2. The number of carbonyl (C=O) groups excluding carboxylic acids is 1. The van der Waals surface area contributed by atoms with Gasteiger partial charge in [0, 0.05) is 12.3 Å². The molecule has 0 saturated heterocycles. The summed E-state index contributed by atoms with van der Waals surface area (Å²) in [6.45, 7) is 6.08. The van der Waals surface area contributed by atoms with Crippen molar-refractivity contribution in [1.29, 1.82) is 0 Å². The first-order valence-electron chi connectivity index (χ1n) is 11.3. The van der Waals surface area contributed by atoms with Gasteiger partial charge in [0.2, 0.25) is 5.91 Å². The molecule has 0 fully saturated rings. The summed E-state index contributed by atoms with van der Waals surface area (Å²) in [4.78, 5) is 12.9. The molecule has 0 spiro atoms. The Morgan fingerprint density at radius 2 is 1.59 bits per heavy atom. The normalized spacial score (nSPS) is 11.3. The van der Waals surface area contributed by atoms with Crippen LogP contribution in [0.25, 0.3) is 0 Å². The first-order valence-corrected chi connectivity index (χ1v) is 13.9. The van der Waals surface area contributed by atoms with E-state index >= 15 is 0 Å². The second-order valence-electron chi connectivity index (χ2n) is 8.36.